The van der Waals surface area contributed by atoms with Gasteiger partial charge in [-0.1, -0.05) is 36.4 Å². The first-order valence-corrected chi connectivity index (χ1v) is 8.10. The van der Waals surface area contributed by atoms with Crippen LogP contribution in [-0.4, -0.2) is 6.10 Å². The average molecular weight is 304 g/mol. The molecule has 4 heteroatoms. The Kier molecular flexibility index (Phi) is 5.60. The number of rotatable bonds is 6. The molecule has 0 aliphatic heterocycles. The molecule has 0 aromatic heterocycles. The molecule has 0 spiro atoms. The van der Waals surface area contributed by atoms with Crippen molar-refractivity contribution in [3.05, 3.63) is 59.7 Å². The summed E-state index contributed by atoms with van der Waals surface area (Å²) < 4.78 is 17.7. The number of hydrogen-bond donors (Lipinski definition) is 0. The van der Waals surface area contributed by atoms with Gasteiger partial charge in [0.2, 0.25) is 0 Å². The maximum Gasteiger partial charge on any atom is 0.463 e. The van der Waals surface area contributed by atoms with Gasteiger partial charge in [-0.3, -0.25) is 4.52 Å². The Morgan fingerprint density at radius 3 is 1.57 bits per heavy atom. The summed E-state index contributed by atoms with van der Waals surface area (Å²) in [7, 11) is -1.49. The molecule has 0 N–H and O–H groups in total. The third kappa shape index (κ3) is 4.73. The highest BCUT2D eigenvalue weighted by Gasteiger charge is 2.20. The Morgan fingerprint density at radius 1 is 0.762 bits per heavy atom. The van der Waals surface area contributed by atoms with E-state index in [9.17, 15) is 0 Å². The molecule has 0 atom stereocenters. The van der Waals surface area contributed by atoms with Gasteiger partial charge in [-0.25, -0.2) is 0 Å². The van der Waals surface area contributed by atoms with Crippen molar-refractivity contribution in [1.29, 1.82) is 0 Å². The summed E-state index contributed by atoms with van der Waals surface area (Å²) in [5, 5.41) is 0. The van der Waals surface area contributed by atoms with Crippen LogP contribution in [0.2, 0.25) is 0 Å². The second-order valence-corrected chi connectivity index (χ2v) is 6.11. The highest BCUT2D eigenvalue weighted by atomic mass is 31.2. The molecule has 0 saturated carbocycles. The summed E-state index contributed by atoms with van der Waals surface area (Å²) in [5.74, 6) is 1.58. The summed E-state index contributed by atoms with van der Waals surface area (Å²) >= 11 is 0. The van der Waals surface area contributed by atoms with Crippen LogP contribution in [0, 0.1) is 13.8 Å². The summed E-state index contributed by atoms with van der Waals surface area (Å²) in [6, 6.07) is 15.7. The lowest BCUT2D eigenvalue weighted by Gasteiger charge is -2.21. The van der Waals surface area contributed by atoms with E-state index in [1.54, 1.807) is 0 Å². The lowest BCUT2D eigenvalue weighted by molar-refractivity contribution is 0.209. The molecule has 2 aromatic carbocycles. The first-order valence-electron chi connectivity index (χ1n) is 7.00. The van der Waals surface area contributed by atoms with Crippen molar-refractivity contribution >= 4 is 8.60 Å². The topological polar surface area (TPSA) is 27.7 Å². The molecule has 0 aliphatic rings. The highest BCUT2D eigenvalue weighted by molar-refractivity contribution is 7.42. The third-order valence-electron chi connectivity index (χ3n) is 2.83. The molecule has 0 heterocycles. The van der Waals surface area contributed by atoms with Crippen LogP contribution in [0.3, 0.4) is 0 Å². The molecule has 2 aromatic rings. The van der Waals surface area contributed by atoms with Crippen LogP contribution in [0.1, 0.15) is 25.0 Å². The molecule has 21 heavy (non-hydrogen) atoms. The summed E-state index contributed by atoms with van der Waals surface area (Å²) in [6.45, 7) is 7.95. The number of aryl methyl sites for hydroxylation is 2. The van der Waals surface area contributed by atoms with E-state index < -0.39 is 8.60 Å². The van der Waals surface area contributed by atoms with E-state index in [1.165, 1.54) is 0 Å². The zero-order valence-corrected chi connectivity index (χ0v) is 13.8. The second-order valence-electron chi connectivity index (χ2n) is 5.09. The quantitative estimate of drug-likeness (QED) is 0.667. The number of para-hydroxylation sites is 2. The van der Waals surface area contributed by atoms with E-state index in [0.717, 1.165) is 22.6 Å². The monoisotopic (exact) mass is 304 g/mol. The van der Waals surface area contributed by atoms with Gasteiger partial charge >= 0.3 is 8.60 Å². The van der Waals surface area contributed by atoms with Crippen LogP contribution in [0.25, 0.3) is 0 Å². The van der Waals surface area contributed by atoms with Crippen molar-refractivity contribution in [2.75, 3.05) is 0 Å². The minimum absolute atomic E-state index is 0.0316. The zero-order valence-electron chi connectivity index (χ0n) is 12.9. The molecule has 112 valence electrons. The van der Waals surface area contributed by atoms with Crippen molar-refractivity contribution < 1.29 is 13.6 Å². The van der Waals surface area contributed by atoms with E-state index >= 15 is 0 Å². The Hall–Kier alpha value is -1.57. The minimum Gasteiger partial charge on any atom is -0.417 e. The molecule has 0 unspecified atom stereocenters. The van der Waals surface area contributed by atoms with Gasteiger partial charge < -0.3 is 9.05 Å². The van der Waals surface area contributed by atoms with Gasteiger partial charge in [0, 0.05) is 0 Å². The molecular formula is C17H21O3P. The highest BCUT2D eigenvalue weighted by Crippen LogP contribution is 2.44. The maximum atomic E-state index is 5.94. The van der Waals surface area contributed by atoms with Crippen molar-refractivity contribution in [2.45, 2.75) is 33.8 Å². The van der Waals surface area contributed by atoms with E-state index in [-0.39, 0.29) is 6.10 Å². The average Bonchev–Trinajstić information content (AvgIpc) is 2.43. The molecule has 0 saturated heterocycles. The fraction of sp³-hybridized carbons (Fsp3) is 0.294. The summed E-state index contributed by atoms with van der Waals surface area (Å²) in [5.41, 5.74) is 2.12. The zero-order chi connectivity index (χ0) is 15.2. The fourth-order valence-corrected chi connectivity index (χ4v) is 2.91. The number of hydrogen-bond acceptors (Lipinski definition) is 3. The van der Waals surface area contributed by atoms with E-state index in [4.69, 9.17) is 13.6 Å². The van der Waals surface area contributed by atoms with Crippen molar-refractivity contribution in [3.8, 4) is 11.5 Å². The smallest absolute Gasteiger partial charge is 0.417 e. The largest absolute Gasteiger partial charge is 0.463 e. The molecule has 0 bridgehead atoms. The summed E-state index contributed by atoms with van der Waals surface area (Å²) in [6.07, 6.45) is 0.0316. The second kappa shape index (κ2) is 7.44. The first-order chi connectivity index (χ1) is 10.1. The van der Waals surface area contributed by atoms with E-state index in [1.807, 2.05) is 76.2 Å². The third-order valence-corrected chi connectivity index (χ3v) is 4.12. The van der Waals surface area contributed by atoms with Gasteiger partial charge in [0.15, 0.2) is 0 Å². The van der Waals surface area contributed by atoms with Crippen LogP contribution in [0.4, 0.5) is 0 Å². The Labute approximate surface area is 127 Å². The molecule has 0 radical (unpaired) electrons. The Morgan fingerprint density at radius 2 is 1.19 bits per heavy atom. The first kappa shape index (κ1) is 15.8. The van der Waals surface area contributed by atoms with Gasteiger partial charge in [-0.15, -0.1) is 0 Å². The maximum absolute atomic E-state index is 5.94. The molecule has 2 rings (SSSR count). The van der Waals surface area contributed by atoms with Gasteiger partial charge in [0.1, 0.15) is 11.5 Å². The lowest BCUT2D eigenvalue weighted by atomic mass is 10.2. The van der Waals surface area contributed by atoms with Crippen LogP contribution >= 0.6 is 8.60 Å². The molecular weight excluding hydrogens is 283 g/mol. The van der Waals surface area contributed by atoms with Crippen LogP contribution in [0.15, 0.2) is 48.5 Å². The van der Waals surface area contributed by atoms with Crippen LogP contribution < -0.4 is 9.05 Å². The normalized spacial score (nSPS) is 11.0. The van der Waals surface area contributed by atoms with Crippen LogP contribution in [0.5, 0.6) is 11.5 Å². The van der Waals surface area contributed by atoms with Gasteiger partial charge in [0.25, 0.3) is 0 Å². The predicted octanol–water partition coefficient (Wildman–Crippen LogP) is 5.41. The minimum atomic E-state index is -1.49. The molecule has 0 aliphatic carbocycles. The Bertz CT molecular complexity index is 536. The standard InChI is InChI=1S/C17H21O3P/c1-13(2)18-21(19-16-11-7-5-9-14(16)3)20-17-12-8-6-10-15(17)4/h5-13H,1-4H3. The van der Waals surface area contributed by atoms with Gasteiger partial charge in [-0.2, -0.15) is 0 Å². The van der Waals surface area contributed by atoms with Gasteiger partial charge in [-0.05, 0) is 51.0 Å². The Balaban J connectivity index is 2.15. The predicted molar refractivity (Wildman–Crippen MR) is 86.8 cm³/mol. The SMILES string of the molecule is Cc1ccccc1OP(Oc1ccccc1C)OC(C)C. The van der Waals surface area contributed by atoms with Crippen molar-refractivity contribution in [1.82, 2.24) is 0 Å². The summed E-state index contributed by atoms with van der Waals surface area (Å²) in [4.78, 5) is 0. The van der Waals surface area contributed by atoms with Crippen LogP contribution in [-0.2, 0) is 4.52 Å². The fourth-order valence-electron chi connectivity index (χ4n) is 1.71. The van der Waals surface area contributed by atoms with E-state index in [0.29, 0.717) is 0 Å². The molecule has 0 amide bonds. The molecule has 3 nitrogen and oxygen atoms in total. The van der Waals surface area contributed by atoms with E-state index in [2.05, 4.69) is 0 Å². The lowest BCUT2D eigenvalue weighted by Crippen LogP contribution is -2.06. The number of benzene rings is 2. The van der Waals surface area contributed by atoms with Crippen molar-refractivity contribution in [3.63, 3.8) is 0 Å². The van der Waals surface area contributed by atoms with Gasteiger partial charge in [0.05, 0.1) is 6.10 Å². The molecule has 0 fully saturated rings. The van der Waals surface area contributed by atoms with Crippen molar-refractivity contribution in [2.24, 2.45) is 0 Å².